The number of hydrogen-bond donors (Lipinski definition) is 4. The lowest BCUT2D eigenvalue weighted by atomic mass is 10.0. The molecular formula is C51H44F6N14O4. The molecule has 0 bridgehead atoms. The number of urea groups is 2. The van der Waals surface area contributed by atoms with Gasteiger partial charge in [-0.2, -0.15) is 41.4 Å². The molecule has 10 rings (SSSR count). The van der Waals surface area contributed by atoms with Crippen molar-refractivity contribution in [2.24, 2.45) is 13.0 Å². The number of amides is 6. The number of nitrogen functional groups attached to an aromatic ring is 1. The Morgan fingerprint density at radius 3 is 1.91 bits per heavy atom. The van der Waals surface area contributed by atoms with Crippen LogP contribution in [0.15, 0.2) is 103 Å². The molecule has 2 aliphatic heterocycles. The molecule has 384 valence electrons. The van der Waals surface area contributed by atoms with E-state index < -0.39 is 53.4 Å². The molecule has 0 saturated heterocycles. The van der Waals surface area contributed by atoms with Crippen LogP contribution in [0.3, 0.4) is 0 Å². The van der Waals surface area contributed by atoms with E-state index in [-0.39, 0.29) is 59.8 Å². The number of carbonyl (C=O) groups excluding carboxylic acids is 4. The highest BCUT2D eigenvalue weighted by molar-refractivity contribution is 6.09. The molecule has 2 unspecified atom stereocenters. The van der Waals surface area contributed by atoms with E-state index >= 15 is 4.79 Å². The van der Waals surface area contributed by atoms with Crippen LogP contribution >= 0.6 is 0 Å². The van der Waals surface area contributed by atoms with Crippen molar-refractivity contribution in [3.05, 3.63) is 154 Å². The first-order valence-electron chi connectivity index (χ1n) is 23.2. The number of nitrogens with one attached hydrogen (secondary N) is 3. The van der Waals surface area contributed by atoms with Crippen molar-refractivity contribution < 1.29 is 45.5 Å². The van der Waals surface area contributed by atoms with Crippen LogP contribution in [0, 0.1) is 19.8 Å². The summed E-state index contributed by atoms with van der Waals surface area (Å²) in [5.41, 5.74) is 7.68. The lowest BCUT2D eigenvalue weighted by Gasteiger charge is -2.37. The molecule has 1 fully saturated rings. The molecule has 0 radical (unpaired) electrons. The molecule has 24 heteroatoms. The van der Waals surface area contributed by atoms with Crippen molar-refractivity contribution in [2.75, 3.05) is 48.3 Å². The molecular weight excluding hydrogens is 987 g/mol. The van der Waals surface area contributed by atoms with Crippen LogP contribution in [0.2, 0.25) is 0 Å². The number of hydrogen-bond acceptors (Lipinski definition) is 11. The molecule has 1 saturated carbocycles. The minimum atomic E-state index is -4.69. The van der Waals surface area contributed by atoms with Gasteiger partial charge in [-0.25, -0.2) is 19.6 Å². The van der Waals surface area contributed by atoms with Crippen LogP contribution in [-0.2, 0) is 38.9 Å². The van der Waals surface area contributed by atoms with Crippen LogP contribution in [0.1, 0.15) is 66.2 Å². The lowest BCUT2D eigenvalue weighted by Crippen LogP contribution is -2.50. The number of nitrogens with zero attached hydrogens (tertiary/aromatic N) is 10. The van der Waals surface area contributed by atoms with Gasteiger partial charge in [0, 0.05) is 72.2 Å². The summed E-state index contributed by atoms with van der Waals surface area (Å²) in [6.07, 6.45) is -5.53. The molecule has 3 aliphatic rings. The molecule has 5 N–H and O–H groups in total. The van der Waals surface area contributed by atoms with Crippen LogP contribution in [0.4, 0.5) is 88.0 Å². The van der Waals surface area contributed by atoms with Gasteiger partial charge in [-0.3, -0.25) is 33.9 Å². The summed E-state index contributed by atoms with van der Waals surface area (Å²) >= 11 is 0. The first-order chi connectivity index (χ1) is 35.6. The summed E-state index contributed by atoms with van der Waals surface area (Å²) in [5.74, 6) is -0.536. The molecule has 75 heavy (non-hydrogen) atoms. The Morgan fingerprint density at radius 1 is 0.707 bits per heavy atom. The Morgan fingerprint density at radius 2 is 1.29 bits per heavy atom. The number of carbonyl (C=O) groups is 4. The van der Waals surface area contributed by atoms with E-state index in [0.29, 0.717) is 57.5 Å². The number of alkyl halides is 6. The first kappa shape index (κ1) is 49.5. The van der Waals surface area contributed by atoms with Gasteiger partial charge in [-0.1, -0.05) is 24.3 Å². The van der Waals surface area contributed by atoms with Gasteiger partial charge in [0.1, 0.15) is 17.5 Å². The van der Waals surface area contributed by atoms with Gasteiger partial charge in [-0.15, -0.1) is 0 Å². The van der Waals surface area contributed by atoms with Crippen LogP contribution in [0.5, 0.6) is 0 Å². The third-order valence-corrected chi connectivity index (χ3v) is 13.1. The summed E-state index contributed by atoms with van der Waals surface area (Å²) < 4.78 is 83.0. The second-order valence-electron chi connectivity index (χ2n) is 18.4. The summed E-state index contributed by atoms with van der Waals surface area (Å²) in [6, 6.07) is 18.0. The van der Waals surface area contributed by atoms with E-state index in [2.05, 4.69) is 36.0 Å². The zero-order valence-corrected chi connectivity index (χ0v) is 40.2. The highest BCUT2D eigenvalue weighted by Gasteiger charge is 2.50. The highest BCUT2D eigenvalue weighted by atomic mass is 19.4. The maximum atomic E-state index is 15.2. The van der Waals surface area contributed by atoms with Crippen molar-refractivity contribution in [2.45, 2.75) is 58.2 Å². The monoisotopic (exact) mass is 1030 g/mol. The quantitative estimate of drug-likeness (QED) is 0.0896. The Hall–Kier alpha value is -9.09. The Kier molecular flexibility index (Phi) is 12.4. The average Bonchev–Trinajstić information content (AvgIpc) is 4.05. The van der Waals surface area contributed by atoms with E-state index in [1.807, 2.05) is 6.92 Å². The Bertz CT molecular complexity index is 3470. The number of nitrogens with two attached hydrogens (primary N) is 1. The fourth-order valence-corrected chi connectivity index (χ4v) is 9.25. The van der Waals surface area contributed by atoms with E-state index in [9.17, 15) is 40.7 Å². The maximum absolute atomic E-state index is 15.2. The number of halogens is 6. The summed E-state index contributed by atoms with van der Waals surface area (Å²) in [5, 5.41) is 12.9. The van der Waals surface area contributed by atoms with E-state index in [0.717, 1.165) is 42.1 Å². The second-order valence-corrected chi connectivity index (χ2v) is 18.4. The zero-order chi connectivity index (χ0) is 53.2. The number of rotatable bonds is 11. The molecule has 3 aromatic heterocycles. The van der Waals surface area contributed by atoms with Gasteiger partial charge >= 0.3 is 24.4 Å². The first-order valence-corrected chi connectivity index (χ1v) is 23.2. The standard InChI is InChI=1S/C51H44F6N14O4/c1-26-11-13-36(61-44(72)29-7-5-9-34(17-29)50(52,53)54)20-38(26)69-25-33-23-60-47(63-41-15-27(2)66-68(41)4)65-43(33)71(49(69)75)40-19-31(40)16-28-12-14-37(62-45(73)30-8-6-10-35(18-30)51(55,56)57)21-39(28)70-24-32-22-59-46(58)64-42(32)67(3)48(70)74/h5-15,17-18,20-23,31,40H,16,19,24-25H2,1-4H3,(H,61,72)(H,62,73)(H2,58,59,64)(H,60,63,65). The molecule has 7 aromatic rings. The number of benzene rings is 4. The predicted molar refractivity (Wildman–Crippen MR) is 266 cm³/mol. The van der Waals surface area contributed by atoms with Crippen molar-refractivity contribution in [1.29, 1.82) is 0 Å². The third-order valence-electron chi connectivity index (χ3n) is 13.1. The molecule has 2 atom stereocenters. The van der Waals surface area contributed by atoms with Gasteiger partial charge in [0.05, 0.1) is 41.3 Å². The van der Waals surface area contributed by atoms with E-state index in [1.165, 1.54) is 40.1 Å². The summed E-state index contributed by atoms with van der Waals surface area (Å²) in [4.78, 5) is 79.9. The maximum Gasteiger partial charge on any atom is 0.416 e. The number of aromatic nitrogens is 6. The Balaban J connectivity index is 0.983. The van der Waals surface area contributed by atoms with Crippen LogP contribution in [0.25, 0.3) is 0 Å². The zero-order valence-electron chi connectivity index (χ0n) is 40.2. The SMILES string of the molecule is Cc1cc(Nc2ncc3c(n2)N(C2CC2Cc2ccc(NC(=O)c4cccc(C(F)(F)F)c4)cc2N2Cc4cnc(N)nc4N(C)C2=O)C(=O)N(c2cc(NC(=O)c4cccc(C(F)(F)F)c4)ccc2C)C3)n(C)n1. The fraction of sp³-hybridized carbons (Fsp3) is 0.235. The number of fused-ring (bicyclic) bond motifs is 2. The van der Waals surface area contributed by atoms with Gasteiger partial charge in [0.2, 0.25) is 11.9 Å². The van der Waals surface area contributed by atoms with E-state index in [1.54, 1.807) is 72.2 Å². The minimum absolute atomic E-state index is 0.00171. The Labute approximate surface area is 423 Å². The third kappa shape index (κ3) is 9.92. The minimum Gasteiger partial charge on any atom is -0.368 e. The van der Waals surface area contributed by atoms with Crippen LogP contribution in [-0.4, -0.2) is 66.7 Å². The molecule has 1 aliphatic carbocycles. The van der Waals surface area contributed by atoms with Gasteiger partial charge in [0.15, 0.2) is 0 Å². The fourth-order valence-electron chi connectivity index (χ4n) is 9.25. The van der Waals surface area contributed by atoms with Crippen molar-refractivity contribution >= 4 is 76.0 Å². The van der Waals surface area contributed by atoms with Crippen LogP contribution < -0.4 is 41.3 Å². The van der Waals surface area contributed by atoms with Gasteiger partial charge < -0.3 is 21.7 Å². The molecule has 18 nitrogen and oxygen atoms in total. The average molecular weight is 1030 g/mol. The second kappa shape index (κ2) is 18.8. The smallest absolute Gasteiger partial charge is 0.368 e. The van der Waals surface area contributed by atoms with Gasteiger partial charge in [-0.05, 0) is 104 Å². The largest absolute Gasteiger partial charge is 0.416 e. The predicted octanol–water partition coefficient (Wildman–Crippen LogP) is 9.64. The summed E-state index contributed by atoms with van der Waals surface area (Å²) in [6.45, 7) is 3.58. The number of aryl methyl sites for hydroxylation is 3. The normalized spacial score (nSPS) is 16.4. The lowest BCUT2D eigenvalue weighted by molar-refractivity contribution is -0.138. The molecule has 4 aromatic carbocycles. The molecule has 6 amide bonds. The molecule has 5 heterocycles. The van der Waals surface area contributed by atoms with Crippen molar-refractivity contribution in [3.63, 3.8) is 0 Å². The van der Waals surface area contributed by atoms with Crippen molar-refractivity contribution in [3.8, 4) is 0 Å². The van der Waals surface area contributed by atoms with E-state index in [4.69, 9.17) is 10.7 Å². The molecule has 0 spiro atoms. The topological polar surface area (TPSA) is 213 Å². The summed E-state index contributed by atoms with van der Waals surface area (Å²) in [7, 11) is 3.26. The number of anilines is 9. The highest BCUT2D eigenvalue weighted by Crippen LogP contribution is 2.47. The van der Waals surface area contributed by atoms with Gasteiger partial charge in [0.25, 0.3) is 11.8 Å². The van der Waals surface area contributed by atoms with Crippen molar-refractivity contribution in [1.82, 2.24) is 29.7 Å².